The molecule has 2 aromatic heterocycles. The van der Waals surface area contributed by atoms with E-state index in [1.165, 1.54) is 26.2 Å². The molecule has 2 heterocycles. The fraction of sp³-hybridized carbons (Fsp3) is 0.409. The maximum atomic E-state index is 12.7. The van der Waals surface area contributed by atoms with E-state index in [0.717, 1.165) is 10.7 Å². The quantitative estimate of drug-likeness (QED) is 0.565. The number of aromatic nitrogens is 3. The molecule has 0 unspecified atom stereocenters. The molecule has 1 aliphatic rings. The second-order valence-electron chi connectivity index (χ2n) is 9.03. The summed E-state index contributed by atoms with van der Waals surface area (Å²) >= 11 is 0. The zero-order valence-electron chi connectivity index (χ0n) is 18.5. The Bertz CT molecular complexity index is 1360. The summed E-state index contributed by atoms with van der Waals surface area (Å²) < 4.78 is 27.5. The minimum absolute atomic E-state index is 0.127. The highest BCUT2D eigenvalue weighted by atomic mass is 32.2. The number of pyridine rings is 1. The summed E-state index contributed by atoms with van der Waals surface area (Å²) in [5.74, 6) is 0.666. The first-order valence-corrected chi connectivity index (χ1v) is 11.8. The highest BCUT2D eigenvalue weighted by Crippen LogP contribution is 2.58. The summed E-state index contributed by atoms with van der Waals surface area (Å²) in [5, 5.41) is 17.7. The summed E-state index contributed by atoms with van der Waals surface area (Å²) in [4.78, 5) is 15.5. The topological polar surface area (TPSA) is 124 Å². The maximum Gasteiger partial charge on any atom is 0.261 e. The van der Waals surface area contributed by atoms with E-state index in [-0.39, 0.29) is 21.9 Å². The number of aromatic amines is 1. The number of benzene rings is 1. The number of rotatable bonds is 7. The van der Waals surface area contributed by atoms with Crippen molar-refractivity contribution in [3.05, 3.63) is 46.9 Å². The van der Waals surface area contributed by atoms with Gasteiger partial charge in [0.2, 0.25) is 10.0 Å². The molecule has 32 heavy (non-hydrogen) atoms. The van der Waals surface area contributed by atoms with Crippen LogP contribution in [-0.2, 0) is 10.0 Å². The third-order valence-electron chi connectivity index (χ3n) is 6.19. The standard InChI is InChI=1S/C22H26N6O3S/c1-22(2)13-16(22)17(9-11-23)28-18-10-12-24-21(29)19(18)20(26-28)25-14-5-7-15(8-6-14)32(30,31)27(3)4/h5-8,10,12,16-17H,9,13H2,1-4H3,(H,24,29)(H,25,26)/t16-,17+/m0/s1. The van der Waals surface area contributed by atoms with Crippen LogP contribution in [0, 0.1) is 22.7 Å². The molecule has 0 spiro atoms. The summed E-state index contributed by atoms with van der Waals surface area (Å²) in [5.41, 5.74) is 1.10. The molecule has 1 fully saturated rings. The third-order valence-corrected chi connectivity index (χ3v) is 8.02. The lowest BCUT2D eigenvalue weighted by molar-refractivity contribution is 0.371. The Morgan fingerprint density at radius 2 is 1.97 bits per heavy atom. The molecule has 1 saturated carbocycles. The molecule has 2 atom stereocenters. The van der Waals surface area contributed by atoms with Crippen LogP contribution < -0.4 is 10.9 Å². The predicted octanol–water partition coefficient (Wildman–Crippen LogP) is 3.22. The largest absolute Gasteiger partial charge is 0.338 e. The van der Waals surface area contributed by atoms with Crippen LogP contribution >= 0.6 is 0 Å². The Morgan fingerprint density at radius 3 is 2.53 bits per heavy atom. The highest BCUT2D eigenvalue weighted by Gasteiger charge is 2.51. The van der Waals surface area contributed by atoms with Gasteiger partial charge in [-0.15, -0.1) is 0 Å². The van der Waals surface area contributed by atoms with Crippen molar-refractivity contribution in [1.29, 1.82) is 5.26 Å². The lowest BCUT2D eigenvalue weighted by Gasteiger charge is -2.17. The van der Waals surface area contributed by atoms with E-state index in [1.807, 2.05) is 0 Å². The summed E-state index contributed by atoms with van der Waals surface area (Å²) in [6.45, 7) is 4.34. The summed E-state index contributed by atoms with van der Waals surface area (Å²) in [6.07, 6.45) is 2.87. The normalized spacial score (nSPS) is 18.4. The van der Waals surface area contributed by atoms with Gasteiger partial charge in [0.1, 0.15) is 5.39 Å². The van der Waals surface area contributed by atoms with Crippen LogP contribution in [0.15, 0.2) is 46.2 Å². The van der Waals surface area contributed by atoms with Crippen LogP contribution in [0.5, 0.6) is 0 Å². The molecule has 0 amide bonds. The van der Waals surface area contributed by atoms with Gasteiger partial charge in [0.15, 0.2) is 5.82 Å². The minimum Gasteiger partial charge on any atom is -0.338 e. The molecule has 168 valence electrons. The Balaban J connectivity index is 1.74. The van der Waals surface area contributed by atoms with Gasteiger partial charge in [0.05, 0.1) is 28.9 Å². The van der Waals surface area contributed by atoms with Gasteiger partial charge in [-0.25, -0.2) is 12.7 Å². The maximum absolute atomic E-state index is 12.7. The lowest BCUT2D eigenvalue weighted by Crippen LogP contribution is -2.22. The molecule has 2 N–H and O–H groups in total. The van der Waals surface area contributed by atoms with Crippen molar-refractivity contribution in [2.45, 2.75) is 37.6 Å². The van der Waals surface area contributed by atoms with E-state index in [4.69, 9.17) is 5.10 Å². The number of anilines is 2. The number of hydrogen-bond donors (Lipinski definition) is 2. The van der Waals surface area contributed by atoms with E-state index < -0.39 is 10.0 Å². The Hall–Kier alpha value is -3.16. The van der Waals surface area contributed by atoms with Crippen LogP contribution in [0.3, 0.4) is 0 Å². The van der Waals surface area contributed by atoms with Gasteiger partial charge in [0.25, 0.3) is 5.56 Å². The number of H-pyrrole nitrogens is 1. The van der Waals surface area contributed by atoms with E-state index in [2.05, 4.69) is 30.2 Å². The number of nitrogens with one attached hydrogen (secondary N) is 2. The van der Waals surface area contributed by atoms with Gasteiger partial charge >= 0.3 is 0 Å². The zero-order chi connectivity index (χ0) is 23.3. The van der Waals surface area contributed by atoms with Crippen molar-refractivity contribution in [3.8, 4) is 6.07 Å². The van der Waals surface area contributed by atoms with Crippen LogP contribution in [0.25, 0.3) is 10.9 Å². The van der Waals surface area contributed by atoms with Crippen molar-refractivity contribution in [1.82, 2.24) is 19.1 Å². The number of nitriles is 1. The molecule has 0 radical (unpaired) electrons. The molecule has 0 saturated heterocycles. The number of sulfonamides is 1. The first kappa shape index (κ1) is 22.0. The smallest absolute Gasteiger partial charge is 0.261 e. The molecule has 0 aliphatic heterocycles. The van der Waals surface area contributed by atoms with Gasteiger partial charge in [-0.05, 0) is 48.1 Å². The minimum atomic E-state index is -3.53. The predicted molar refractivity (Wildman–Crippen MR) is 122 cm³/mol. The Labute approximate surface area is 186 Å². The van der Waals surface area contributed by atoms with Crippen molar-refractivity contribution in [3.63, 3.8) is 0 Å². The van der Waals surface area contributed by atoms with E-state index in [9.17, 15) is 18.5 Å². The molecule has 10 heteroatoms. The third kappa shape index (κ3) is 3.78. The fourth-order valence-corrected chi connectivity index (χ4v) is 5.06. The zero-order valence-corrected chi connectivity index (χ0v) is 19.3. The van der Waals surface area contributed by atoms with Gasteiger partial charge in [0, 0.05) is 26.0 Å². The monoisotopic (exact) mass is 454 g/mol. The SMILES string of the molecule is CN(C)S(=O)(=O)c1ccc(Nc2nn([C@H](CC#N)[C@@H]3CC3(C)C)c3cc[nH]c(=O)c23)cc1. The van der Waals surface area contributed by atoms with Gasteiger partial charge in [-0.3, -0.25) is 9.48 Å². The van der Waals surface area contributed by atoms with E-state index >= 15 is 0 Å². The number of fused-ring (bicyclic) bond motifs is 1. The van der Waals surface area contributed by atoms with Gasteiger partial charge in [-0.2, -0.15) is 10.4 Å². The molecule has 1 aromatic carbocycles. The molecular weight excluding hydrogens is 428 g/mol. The second-order valence-corrected chi connectivity index (χ2v) is 11.2. The average molecular weight is 455 g/mol. The Kier molecular flexibility index (Phi) is 5.35. The van der Waals surface area contributed by atoms with Crippen molar-refractivity contribution in [2.24, 2.45) is 11.3 Å². The fourth-order valence-electron chi connectivity index (χ4n) is 4.15. The molecule has 9 nitrogen and oxygen atoms in total. The molecular formula is C22H26N6O3S. The van der Waals surface area contributed by atoms with Gasteiger partial charge < -0.3 is 10.3 Å². The number of hydrogen-bond acceptors (Lipinski definition) is 6. The first-order chi connectivity index (χ1) is 15.1. The van der Waals surface area contributed by atoms with Crippen LogP contribution in [0.4, 0.5) is 11.5 Å². The number of nitrogens with zero attached hydrogens (tertiary/aromatic N) is 4. The molecule has 3 aromatic rings. The van der Waals surface area contributed by atoms with Crippen LogP contribution in [0.1, 0.15) is 32.7 Å². The first-order valence-electron chi connectivity index (χ1n) is 10.3. The summed E-state index contributed by atoms with van der Waals surface area (Å²) in [7, 11) is -0.580. The van der Waals surface area contributed by atoms with Crippen molar-refractivity contribution < 1.29 is 8.42 Å². The molecule has 4 rings (SSSR count). The van der Waals surface area contributed by atoms with Crippen molar-refractivity contribution in [2.75, 3.05) is 19.4 Å². The second kappa shape index (κ2) is 7.76. The van der Waals surface area contributed by atoms with E-state index in [0.29, 0.717) is 34.7 Å². The molecule has 0 bridgehead atoms. The average Bonchev–Trinajstić information content (AvgIpc) is 3.21. The van der Waals surface area contributed by atoms with Crippen LogP contribution in [-0.4, -0.2) is 41.6 Å². The van der Waals surface area contributed by atoms with Crippen LogP contribution in [0.2, 0.25) is 0 Å². The lowest BCUT2D eigenvalue weighted by atomic mass is 10.0. The highest BCUT2D eigenvalue weighted by molar-refractivity contribution is 7.89. The Morgan fingerprint density at radius 1 is 1.31 bits per heavy atom. The van der Waals surface area contributed by atoms with Gasteiger partial charge in [-0.1, -0.05) is 13.8 Å². The van der Waals surface area contributed by atoms with Crippen molar-refractivity contribution >= 4 is 32.4 Å². The molecule has 1 aliphatic carbocycles. The summed E-state index contributed by atoms with van der Waals surface area (Å²) in [6, 6.07) is 10.2. The van der Waals surface area contributed by atoms with E-state index in [1.54, 1.807) is 29.1 Å².